The van der Waals surface area contributed by atoms with Crippen LogP contribution in [0, 0.1) is 17.3 Å². The van der Waals surface area contributed by atoms with Crippen LogP contribution in [-0.4, -0.2) is 46.3 Å². The van der Waals surface area contributed by atoms with Crippen molar-refractivity contribution in [3.05, 3.63) is 94.2 Å². The molecule has 8 rings (SSSR count). The van der Waals surface area contributed by atoms with E-state index in [4.69, 9.17) is 14.0 Å². The van der Waals surface area contributed by atoms with E-state index >= 15 is 0 Å². The molecule has 2 bridgehead atoms. The molecule has 1 saturated heterocycles. The van der Waals surface area contributed by atoms with Gasteiger partial charge in [-0.15, -0.1) is 0 Å². The van der Waals surface area contributed by atoms with Crippen molar-refractivity contribution in [2.45, 2.75) is 109 Å². The van der Waals surface area contributed by atoms with E-state index in [1.165, 1.54) is 16.3 Å². The Morgan fingerprint density at radius 3 is 2.47 bits per heavy atom. The van der Waals surface area contributed by atoms with E-state index < -0.39 is 24.8 Å². The fourth-order valence-electron chi connectivity index (χ4n) is 8.75. The van der Waals surface area contributed by atoms with Crippen molar-refractivity contribution < 1.29 is 23.6 Å². The lowest BCUT2D eigenvalue weighted by molar-refractivity contribution is -0.185. The molecule has 3 heterocycles. The molecule has 3 aromatic rings. The topological polar surface area (TPSA) is 121 Å². The van der Waals surface area contributed by atoms with E-state index in [0.29, 0.717) is 30.5 Å². The molecule has 0 spiro atoms. The van der Waals surface area contributed by atoms with Crippen LogP contribution in [-0.2, 0) is 31.9 Å². The van der Waals surface area contributed by atoms with Gasteiger partial charge in [0.25, 0.3) is 5.56 Å². The Labute approximate surface area is 288 Å². The summed E-state index contributed by atoms with van der Waals surface area (Å²) in [5, 5.41) is 5.77. The van der Waals surface area contributed by atoms with Crippen molar-refractivity contribution >= 4 is 24.8 Å². The number of nitrogens with zero attached hydrogens (tertiary/aromatic N) is 2. The number of aromatic nitrogens is 2. The number of carbonyl (C=O) groups is 2. The molecule has 258 valence electrons. The molecule has 2 amide bonds. The standard InChI is InChI=1S/C38H47BN4O6/c1-5-31(39-48-32-28-20-27(37(28,2)3)21-38(32,4)49-39)42-34(44)30-19-26(18-12-17-24-13-8-6-9-14-24)33-40-22-29(35(45)43(30)33)41-36(46)47-23-25-15-10-7-11-16-25/h6-11,13-16,22,26-28,30-32H,5,12,17-21,23H2,1-4H3,(H,41,46)(H,42,44)/t26-,27?,28?,30-,31-,32+,38-/m0/s1. The minimum absolute atomic E-state index is 0.00764. The van der Waals surface area contributed by atoms with Crippen molar-refractivity contribution in [2.75, 3.05) is 5.32 Å². The summed E-state index contributed by atoms with van der Waals surface area (Å²) in [6.07, 6.45) is 6.30. The van der Waals surface area contributed by atoms with Crippen molar-refractivity contribution in [1.29, 1.82) is 0 Å². The predicted molar refractivity (Wildman–Crippen MR) is 187 cm³/mol. The van der Waals surface area contributed by atoms with E-state index in [1.54, 1.807) is 0 Å². The third kappa shape index (κ3) is 6.43. The van der Waals surface area contributed by atoms with Gasteiger partial charge in [0.1, 0.15) is 24.2 Å². The molecule has 3 aliphatic carbocycles. The third-order valence-corrected chi connectivity index (χ3v) is 11.7. The molecule has 4 fully saturated rings. The zero-order valence-corrected chi connectivity index (χ0v) is 28.9. The van der Waals surface area contributed by atoms with Crippen LogP contribution in [0.25, 0.3) is 0 Å². The van der Waals surface area contributed by atoms with Crippen LogP contribution >= 0.6 is 0 Å². The van der Waals surface area contributed by atoms with Gasteiger partial charge in [0.15, 0.2) is 0 Å². The predicted octanol–water partition coefficient (Wildman–Crippen LogP) is 6.21. The molecule has 2 unspecified atom stereocenters. The lowest BCUT2D eigenvalue weighted by Gasteiger charge is -2.63. The zero-order valence-electron chi connectivity index (χ0n) is 28.9. The Morgan fingerprint density at radius 2 is 1.78 bits per heavy atom. The first kappa shape index (κ1) is 33.5. The van der Waals surface area contributed by atoms with Gasteiger partial charge in [-0.3, -0.25) is 19.5 Å². The SMILES string of the molecule is CC[C@H](NC(=O)[C@@H]1C[C@H](CCCc2ccccc2)c2ncc(NC(=O)OCc3ccccc3)c(=O)n21)B1O[C@@H]2C3CC(C[C@]2(C)O1)C3(C)C. The number of aryl methyl sites for hydroxylation is 1. The molecule has 10 nitrogen and oxygen atoms in total. The highest BCUT2D eigenvalue weighted by atomic mass is 16.7. The lowest BCUT2D eigenvalue weighted by atomic mass is 9.45. The molecular weight excluding hydrogens is 619 g/mol. The van der Waals surface area contributed by atoms with Gasteiger partial charge in [0.05, 0.1) is 23.8 Å². The summed E-state index contributed by atoms with van der Waals surface area (Å²) in [6, 6.07) is 18.8. The normalized spacial score (nSPS) is 28.2. The average Bonchev–Trinajstić information content (AvgIpc) is 3.66. The second kappa shape index (κ2) is 13.4. The van der Waals surface area contributed by atoms with Crippen molar-refractivity contribution in [2.24, 2.45) is 17.3 Å². The summed E-state index contributed by atoms with van der Waals surface area (Å²) in [4.78, 5) is 45.5. The number of hydrogen-bond acceptors (Lipinski definition) is 7. The fraction of sp³-hybridized carbons (Fsp3) is 0.526. The van der Waals surface area contributed by atoms with E-state index in [9.17, 15) is 14.4 Å². The fourth-order valence-corrected chi connectivity index (χ4v) is 8.75. The highest BCUT2D eigenvalue weighted by Crippen LogP contribution is 2.64. The van der Waals surface area contributed by atoms with Crippen LogP contribution < -0.4 is 16.2 Å². The van der Waals surface area contributed by atoms with E-state index in [-0.39, 0.29) is 47.2 Å². The molecule has 3 saturated carbocycles. The Bertz CT molecular complexity index is 1730. The number of rotatable bonds is 11. The molecule has 5 aliphatic rings. The van der Waals surface area contributed by atoms with E-state index in [1.807, 2.05) is 55.5 Å². The maximum atomic E-state index is 14.2. The Hall–Kier alpha value is -3.96. The third-order valence-electron chi connectivity index (χ3n) is 11.7. The number of hydrogen-bond donors (Lipinski definition) is 2. The Morgan fingerprint density at radius 1 is 1.06 bits per heavy atom. The minimum atomic E-state index is -0.793. The molecule has 49 heavy (non-hydrogen) atoms. The van der Waals surface area contributed by atoms with E-state index in [0.717, 1.165) is 37.7 Å². The summed E-state index contributed by atoms with van der Waals surface area (Å²) in [5.41, 5.74) is 1.42. The number of ether oxygens (including phenoxy) is 1. The van der Waals surface area contributed by atoms with Gasteiger partial charge in [0.2, 0.25) is 5.91 Å². The molecule has 2 aliphatic heterocycles. The summed E-state index contributed by atoms with van der Waals surface area (Å²) in [7, 11) is -0.566. The molecule has 1 aromatic heterocycles. The van der Waals surface area contributed by atoms with Gasteiger partial charge in [-0.05, 0) is 80.2 Å². The highest BCUT2D eigenvalue weighted by molar-refractivity contribution is 6.47. The summed E-state index contributed by atoms with van der Waals surface area (Å²) in [6.45, 7) is 8.87. The lowest BCUT2D eigenvalue weighted by Crippen LogP contribution is -2.63. The van der Waals surface area contributed by atoms with Crippen LogP contribution in [0.3, 0.4) is 0 Å². The average molecular weight is 667 g/mol. The molecule has 7 atom stereocenters. The minimum Gasteiger partial charge on any atom is -0.444 e. The van der Waals surface area contributed by atoms with Crippen molar-refractivity contribution in [3.8, 4) is 0 Å². The number of amides is 2. The summed E-state index contributed by atoms with van der Waals surface area (Å²) < 4.78 is 20.1. The van der Waals surface area contributed by atoms with Gasteiger partial charge in [-0.2, -0.15) is 0 Å². The van der Waals surface area contributed by atoms with Gasteiger partial charge in [-0.25, -0.2) is 9.78 Å². The van der Waals surface area contributed by atoms with Crippen LogP contribution in [0.2, 0.25) is 0 Å². The van der Waals surface area contributed by atoms with E-state index in [2.05, 4.69) is 48.5 Å². The molecule has 11 heteroatoms. The maximum absolute atomic E-state index is 14.2. The van der Waals surface area contributed by atoms with Crippen LogP contribution in [0.15, 0.2) is 71.7 Å². The number of benzene rings is 2. The van der Waals surface area contributed by atoms with Crippen LogP contribution in [0.4, 0.5) is 10.5 Å². The number of nitrogens with one attached hydrogen (secondary N) is 2. The summed E-state index contributed by atoms with van der Waals surface area (Å²) >= 11 is 0. The first-order valence-corrected chi connectivity index (χ1v) is 17.8. The van der Waals surface area contributed by atoms with Gasteiger partial charge >= 0.3 is 13.2 Å². The summed E-state index contributed by atoms with van der Waals surface area (Å²) in [5.74, 6) is 0.853. The van der Waals surface area contributed by atoms with Gasteiger partial charge in [-0.1, -0.05) is 81.4 Å². The molecule has 2 N–H and O–H groups in total. The first-order valence-electron chi connectivity index (χ1n) is 17.8. The first-order chi connectivity index (χ1) is 23.6. The number of carbonyl (C=O) groups excluding carboxylic acids is 2. The molecular formula is C38H47BN4O6. The second-order valence-electron chi connectivity index (χ2n) is 15.2. The van der Waals surface area contributed by atoms with Crippen LogP contribution in [0.1, 0.15) is 95.1 Å². The number of fused-ring (bicyclic) bond motifs is 1. The maximum Gasteiger partial charge on any atom is 0.481 e. The van der Waals surface area contributed by atoms with Crippen LogP contribution in [0.5, 0.6) is 0 Å². The van der Waals surface area contributed by atoms with Gasteiger partial charge < -0.3 is 19.4 Å². The Kier molecular flexibility index (Phi) is 9.17. The Balaban J connectivity index is 1.08. The zero-order chi connectivity index (χ0) is 34.3. The smallest absolute Gasteiger partial charge is 0.444 e. The van der Waals surface area contributed by atoms with Crippen molar-refractivity contribution in [1.82, 2.24) is 14.9 Å². The molecule has 0 radical (unpaired) electrons. The van der Waals surface area contributed by atoms with Crippen molar-refractivity contribution in [3.63, 3.8) is 0 Å². The quantitative estimate of drug-likeness (QED) is 0.234. The largest absolute Gasteiger partial charge is 0.481 e. The second-order valence-corrected chi connectivity index (χ2v) is 15.2. The van der Waals surface area contributed by atoms with Gasteiger partial charge in [0, 0.05) is 5.92 Å². The highest BCUT2D eigenvalue weighted by Gasteiger charge is 2.67. The number of anilines is 1. The molecule has 2 aromatic carbocycles. The monoisotopic (exact) mass is 666 g/mol.